The van der Waals surface area contributed by atoms with Gasteiger partial charge in [0.1, 0.15) is 0 Å². The molecule has 1 aliphatic rings. The molecule has 1 fully saturated rings. The van der Waals surface area contributed by atoms with E-state index >= 15 is 0 Å². The zero-order valence-electron chi connectivity index (χ0n) is 11.3. The van der Waals surface area contributed by atoms with Gasteiger partial charge in [-0.25, -0.2) is 4.79 Å². The van der Waals surface area contributed by atoms with Crippen molar-refractivity contribution >= 4 is 22.7 Å². The van der Waals surface area contributed by atoms with Crippen LogP contribution in [-0.4, -0.2) is 24.0 Å². The first-order chi connectivity index (χ1) is 9.57. The third kappa shape index (κ3) is 2.34. The first-order valence-electron chi connectivity index (χ1n) is 6.72. The second kappa shape index (κ2) is 4.79. The van der Waals surface area contributed by atoms with Gasteiger partial charge < -0.3 is 15.1 Å². The Kier molecular flexibility index (Phi) is 3.10. The Bertz CT molecular complexity index is 695. The first-order valence-corrected chi connectivity index (χ1v) is 6.72. The zero-order chi connectivity index (χ0) is 14.2. The summed E-state index contributed by atoms with van der Waals surface area (Å²) in [5, 5.41) is 6.16. The molecule has 0 saturated carbocycles. The number of nitrogens with one attached hydrogen (secondary N) is 3. The fourth-order valence-corrected chi connectivity index (χ4v) is 2.56. The zero-order valence-corrected chi connectivity index (χ0v) is 11.3. The van der Waals surface area contributed by atoms with E-state index in [0.717, 1.165) is 19.4 Å². The van der Waals surface area contributed by atoms with Gasteiger partial charge in [-0.05, 0) is 44.5 Å². The number of benzene rings is 1. The molecule has 1 aromatic heterocycles. The maximum Gasteiger partial charge on any atom is 0.417 e. The number of H-pyrrole nitrogens is 1. The molecule has 20 heavy (non-hydrogen) atoms. The molecule has 1 aliphatic heterocycles. The average molecular weight is 275 g/mol. The van der Waals surface area contributed by atoms with Crippen molar-refractivity contribution in [2.45, 2.75) is 19.8 Å². The number of amides is 1. The predicted octanol–water partition coefficient (Wildman–Crippen LogP) is 1.45. The van der Waals surface area contributed by atoms with Gasteiger partial charge in [-0.1, -0.05) is 0 Å². The summed E-state index contributed by atoms with van der Waals surface area (Å²) in [5.74, 6) is -0.498. The Morgan fingerprint density at radius 1 is 1.45 bits per heavy atom. The first kappa shape index (κ1) is 12.9. The largest absolute Gasteiger partial charge is 0.417 e. The van der Waals surface area contributed by atoms with Crippen LogP contribution in [0.15, 0.2) is 27.4 Å². The number of fused-ring (bicyclic) bond motifs is 1. The number of carbonyl (C=O) groups is 1. The van der Waals surface area contributed by atoms with E-state index in [-0.39, 0.29) is 5.91 Å². The van der Waals surface area contributed by atoms with Crippen molar-refractivity contribution in [3.05, 3.63) is 28.7 Å². The van der Waals surface area contributed by atoms with Crippen molar-refractivity contribution in [2.24, 2.45) is 5.41 Å². The highest BCUT2D eigenvalue weighted by molar-refractivity contribution is 5.96. The summed E-state index contributed by atoms with van der Waals surface area (Å²) in [5.41, 5.74) is 1.33. The average Bonchev–Trinajstić information content (AvgIpc) is 2.79. The molecule has 3 N–H and O–H groups in total. The number of aromatic nitrogens is 1. The third-order valence-electron chi connectivity index (χ3n) is 3.82. The summed E-state index contributed by atoms with van der Waals surface area (Å²) < 4.78 is 4.93. The molecule has 1 atom stereocenters. The van der Waals surface area contributed by atoms with Crippen LogP contribution in [0.25, 0.3) is 11.1 Å². The summed E-state index contributed by atoms with van der Waals surface area (Å²) in [4.78, 5) is 26.1. The smallest absolute Gasteiger partial charge is 0.408 e. The number of aromatic amines is 1. The molecular weight excluding hydrogens is 258 g/mol. The summed E-state index contributed by atoms with van der Waals surface area (Å²) in [7, 11) is 0. The number of hydrogen-bond donors (Lipinski definition) is 3. The third-order valence-corrected chi connectivity index (χ3v) is 3.82. The van der Waals surface area contributed by atoms with Crippen molar-refractivity contribution in [3.63, 3.8) is 0 Å². The standard InChI is InChI=1S/C14H17N3O3/c1-14(5-2-6-15-8-14)12(18)16-9-3-4-11-10(7-9)17-13(19)20-11/h3-4,7,15H,2,5-6,8H2,1H3,(H,16,18)(H,17,19). The highest BCUT2D eigenvalue weighted by Crippen LogP contribution is 2.27. The molecule has 0 bridgehead atoms. The van der Waals surface area contributed by atoms with E-state index in [4.69, 9.17) is 4.42 Å². The normalized spacial score (nSPS) is 22.9. The lowest BCUT2D eigenvalue weighted by Gasteiger charge is -2.32. The molecular formula is C14H17N3O3. The van der Waals surface area contributed by atoms with E-state index in [1.54, 1.807) is 18.2 Å². The van der Waals surface area contributed by atoms with Gasteiger partial charge in [0.2, 0.25) is 5.91 Å². The van der Waals surface area contributed by atoms with Gasteiger partial charge in [-0.15, -0.1) is 0 Å². The number of hydrogen-bond acceptors (Lipinski definition) is 4. The van der Waals surface area contributed by atoms with Crippen molar-refractivity contribution in [2.75, 3.05) is 18.4 Å². The number of oxazole rings is 1. The van der Waals surface area contributed by atoms with Gasteiger partial charge in [0.25, 0.3) is 0 Å². The second-order valence-corrected chi connectivity index (χ2v) is 5.52. The van der Waals surface area contributed by atoms with Gasteiger partial charge in [0, 0.05) is 12.2 Å². The predicted molar refractivity (Wildman–Crippen MR) is 75.7 cm³/mol. The van der Waals surface area contributed by atoms with E-state index in [1.807, 2.05) is 6.92 Å². The molecule has 0 aliphatic carbocycles. The number of rotatable bonds is 2. The lowest BCUT2D eigenvalue weighted by molar-refractivity contribution is -0.125. The molecule has 6 heteroatoms. The van der Waals surface area contributed by atoms with Gasteiger partial charge in [0.15, 0.2) is 5.58 Å². The summed E-state index contributed by atoms with van der Waals surface area (Å²) >= 11 is 0. The maximum atomic E-state index is 12.4. The molecule has 1 aromatic carbocycles. The lowest BCUT2D eigenvalue weighted by Crippen LogP contribution is -2.46. The topological polar surface area (TPSA) is 87.1 Å². The van der Waals surface area contributed by atoms with E-state index in [1.165, 1.54) is 0 Å². The Labute approximate surface area is 115 Å². The van der Waals surface area contributed by atoms with Gasteiger partial charge in [0.05, 0.1) is 10.9 Å². The van der Waals surface area contributed by atoms with Crippen molar-refractivity contribution < 1.29 is 9.21 Å². The molecule has 1 unspecified atom stereocenters. The molecule has 106 valence electrons. The minimum absolute atomic E-state index is 0.00473. The molecule has 6 nitrogen and oxygen atoms in total. The van der Waals surface area contributed by atoms with Crippen LogP contribution in [-0.2, 0) is 4.79 Å². The Hall–Kier alpha value is -2.08. The van der Waals surface area contributed by atoms with Crippen molar-refractivity contribution in [1.82, 2.24) is 10.3 Å². The SMILES string of the molecule is CC1(C(=O)Nc2ccc3oc(=O)[nH]c3c2)CCCNC1. The quantitative estimate of drug-likeness (QED) is 0.774. The fraction of sp³-hybridized carbons (Fsp3) is 0.429. The second-order valence-electron chi connectivity index (χ2n) is 5.52. The number of carbonyl (C=O) groups excluding carboxylic acids is 1. The Morgan fingerprint density at radius 2 is 2.30 bits per heavy atom. The molecule has 0 radical (unpaired) electrons. The van der Waals surface area contributed by atoms with E-state index in [9.17, 15) is 9.59 Å². The van der Waals surface area contributed by atoms with Crippen LogP contribution in [0.2, 0.25) is 0 Å². The highest BCUT2D eigenvalue weighted by atomic mass is 16.4. The highest BCUT2D eigenvalue weighted by Gasteiger charge is 2.34. The van der Waals surface area contributed by atoms with Gasteiger partial charge in [-0.3, -0.25) is 9.78 Å². The molecule has 0 spiro atoms. The fourth-order valence-electron chi connectivity index (χ4n) is 2.56. The lowest BCUT2D eigenvalue weighted by atomic mass is 9.82. The molecule has 1 saturated heterocycles. The molecule has 3 rings (SSSR count). The van der Waals surface area contributed by atoms with Gasteiger partial charge in [-0.2, -0.15) is 0 Å². The van der Waals surface area contributed by atoms with Crippen LogP contribution in [0.3, 0.4) is 0 Å². The summed E-state index contributed by atoms with van der Waals surface area (Å²) in [6, 6.07) is 5.11. The van der Waals surface area contributed by atoms with Crippen LogP contribution in [0.5, 0.6) is 0 Å². The number of piperidine rings is 1. The maximum absolute atomic E-state index is 12.4. The molecule has 1 amide bonds. The molecule has 2 heterocycles. The van der Waals surface area contributed by atoms with Crippen molar-refractivity contribution in [3.8, 4) is 0 Å². The van der Waals surface area contributed by atoms with E-state index in [0.29, 0.717) is 23.3 Å². The van der Waals surface area contributed by atoms with Crippen LogP contribution in [0.4, 0.5) is 5.69 Å². The van der Waals surface area contributed by atoms with Crippen molar-refractivity contribution in [1.29, 1.82) is 0 Å². The van der Waals surface area contributed by atoms with Gasteiger partial charge >= 0.3 is 5.76 Å². The summed E-state index contributed by atoms with van der Waals surface area (Å²) in [6.07, 6.45) is 1.87. The van der Waals surface area contributed by atoms with Crippen LogP contribution >= 0.6 is 0 Å². The van der Waals surface area contributed by atoms with Crippen LogP contribution < -0.4 is 16.4 Å². The van der Waals surface area contributed by atoms with Crippen LogP contribution in [0.1, 0.15) is 19.8 Å². The summed E-state index contributed by atoms with van der Waals surface area (Å²) in [6.45, 7) is 3.61. The Morgan fingerprint density at radius 3 is 3.05 bits per heavy atom. The van der Waals surface area contributed by atoms with E-state index < -0.39 is 11.2 Å². The minimum Gasteiger partial charge on any atom is -0.408 e. The Balaban J connectivity index is 1.81. The van der Waals surface area contributed by atoms with E-state index in [2.05, 4.69) is 15.6 Å². The minimum atomic E-state index is -0.494. The number of anilines is 1. The molecule has 2 aromatic rings. The van der Waals surface area contributed by atoms with Crippen LogP contribution in [0, 0.1) is 5.41 Å². The monoisotopic (exact) mass is 275 g/mol.